The van der Waals surface area contributed by atoms with Crippen molar-refractivity contribution in [2.24, 2.45) is 0 Å². The molecule has 0 saturated heterocycles. The molecule has 2 aromatic rings. The number of hydroxylamine groups is 1. The lowest BCUT2D eigenvalue weighted by Crippen LogP contribution is -2.17. The van der Waals surface area contributed by atoms with Gasteiger partial charge in [0.1, 0.15) is 5.00 Å². The Labute approximate surface area is 120 Å². The quantitative estimate of drug-likeness (QED) is 0.579. The SMILES string of the molecule is O=C(NO)c1ccc(NS(=O)(=O)Cc2ccccc2)s1. The normalized spacial score (nSPS) is 11.1. The lowest BCUT2D eigenvalue weighted by molar-refractivity contribution is 0.0711. The maximum Gasteiger partial charge on any atom is 0.284 e. The number of amides is 1. The van der Waals surface area contributed by atoms with Gasteiger partial charge in [0.2, 0.25) is 10.0 Å². The Morgan fingerprint density at radius 1 is 1.15 bits per heavy atom. The third kappa shape index (κ3) is 3.80. The number of hydrogen-bond acceptors (Lipinski definition) is 5. The summed E-state index contributed by atoms with van der Waals surface area (Å²) in [5.41, 5.74) is 2.16. The molecule has 0 unspecified atom stereocenters. The van der Waals surface area contributed by atoms with Gasteiger partial charge >= 0.3 is 0 Å². The Bertz CT molecular complexity index is 695. The lowest BCUT2D eigenvalue weighted by atomic mass is 10.2. The van der Waals surface area contributed by atoms with E-state index < -0.39 is 15.9 Å². The first-order valence-corrected chi connectivity index (χ1v) is 8.06. The summed E-state index contributed by atoms with van der Waals surface area (Å²) in [4.78, 5) is 11.4. The number of anilines is 1. The molecule has 106 valence electrons. The van der Waals surface area contributed by atoms with Gasteiger partial charge in [-0.25, -0.2) is 13.9 Å². The number of carbonyl (C=O) groups excluding carboxylic acids is 1. The predicted molar refractivity (Wildman–Crippen MR) is 76.3 cm³/mol. The molecule has 0 fully saturated rings. The molecule has 0 spiro atoms. The van der Waals surface area contributed by atoms with Crippen molar-refractivity contribution in [3.05, 3.63) is 52.9 Å². The molecule has 8 heteroatoms. The highest BCUT2D eigenvalue weighted by Crippen LogP contribution is 2.23. The van der Waals surface area contributed by atoms with Crippen LogP contribution in [0.4, 0.5) is 5.00 Å². The monoisotopic (exact) mass is 312 g/mol. The van der Waals surface area contributed by atoms with E-state index in [0.29, 0.717) is 10.6 Å². The number of nitrogens with one attached hydrogen (secondary N) is 2. The summed E-state index contributed by atoms with van der Waals surface area (Å²) < 4.78 is 26.3. The van der Waals surface area contributed by atoms with Crippen LogP contribution in [0.1, 0.15) is 15.2 Å². The molecule has 1 heterocycles. The van der Waals surface area contributed by atoms with Crippen LogP contribution < -0.4 is 10.2 Å². The van der Waals surface area contributed by atoms with Crippen LogP contribution in [-0.4, -0.2) is 19.5 Å². The molecule has 20 heavy (non-hydrogen) atoms. The van der Waals surface area contributed by atoms with Crippen LogP contribution in [0.25, 0.3) is 0 Å². The maximum atomic E-state index is 12.0. The highest BCUT2D eigenvalue weighted by molar-refractivity contribution is 7.92. The topological polar surface area (TPSA) is 95.5 Å². The smallest absolute Gasteiger partial charge is 0.284 e. The van der Waals surface area contributed by atoms with Crippen molar-refractivity contribution in [3.8, 4) is 0 Å². The Morgan fingerprint density at radius 3 is 2.50 bits per heavy atom. The van der Waals surface area contributed by atoms with Crippen molar-refractivity contribution in [2.45, 2.75) is 5.75 Å². The van der Waals surface area contributed by atoms with Crippen molar-refractivity contribution < 1.29 is 18.4 Å². The van der Waals surface area contributed by atoms with E-state index in [2.05, 4.69) is 4.72 Å². The number of sulfonamides is 1. The summed E-state index contributed by atoms with van der Waals surface area (Å²) in [6.45, 7) is 0. The summed E-state index contributed by atoms with van der Waals surface area (Å²) >= 11 is 0.941. The molecule has 6 nitrogen and oxygen atoms in total. The minimum atomic E-state index is -3.54. The Morgan fingerprint density at radius 2 is 1.85 bits per heavy atom. The van der Waals surface area contributed by atoms with Gasteiger partial charge in [-0.15, -0.1) is 11.3 Å². The number of thiophene rings is 1. The molecular formula is C12H12N2O4S2. The molecule has 1 aromatic carbocycles. The molecule has 1 aromatic heterocycles. The van der Waals surface area contributed by atoms with Gasteiger partial charge in [0, 0.05) is 0 Å². The Hall–Kier alpha value is -1.90. The van der Waals surface area contributed by atoms with Crippen LogP contribution in [0.5, 0.6) is 0 Å². The molecule has 0 radical (unpaired) electrons. The van der Waals surface area contributed by atoms with E-state index in [4.69, 9.17) is 5.21 Å². The second kappa shape index (κ2) is 6.04. The largest absolute Gasteiger partial charge is 0.288 e. The molecule has 1 amide bonds. The summed E-state index contributed by atoms with van der Waals surface area (Å²) in [7, 11) is -3.54. The van der Waals surface area contributed by atoms with Gasteiger partial charge in [-0.05, 0) is 17.7 Å². The van der Waals surface area contributed by atoms with E-state index in [0.717, 1.165) is 11.3 Å². The molecular weight excluding hydrogens is 300 g/mol. The number of benzene rings is 1. The zero-order chi connectivity index (χ0) is 14.6. The van der Waals surface area contributed by atoms with Crippen molar-refractivity contribution in [3.63, 3.8) is 0 Å². The second-order valence-electron chi connectivity index (χ2n) is 3.95. The van der Waals surface area contributed by atoms with E-state index in [1.54, 1.807) is 24.3 Å². The third-order valence-corrected chi connectivity index (χ3v) is 4.76. The van der Waals surface area contributed by atoms with Gasteiger partial charge in [-0.3, -0.25) is 14.7 Å². The third-order valence-electron chi connectivity index (χ3n) is 2.39. The first-order chi connectivity index (χ1) is 9.50. The standard InChI is InChI=1S/C12H12N2O4S2/c15-12(13-16)10-6-7-11(19-10)14-20(17,18)8-9-4-2-1-3-5-9/h1-7,14,16H,8H2,(H,13,15). The summed E-state index contributed by atoms with van der Waals surface area (Å²) in [6.07, 6.45) is 0. The molecule has 0 aliphatic carbocycles. The van der Waals surface area contributed by atoms with Crippen molar-refractivity contribution in [1.82, 2.24) is 5.48 Å². The zero-order valence-electron chi connectivity index (χ0n) is 10.2. The van der Waals surface area contributed by atoms with Crippen molar-refractivity contribution in [2.75, 3.05) is 4.72 Å². The average Bonchev–Trinajstić information content (AvgIpc) is 2.86. The summed E-state index contributed by atoms with van der Waals surface area (Å²) in [6, 6.07) is 11.7. The molecule has 0 saturated carbocycles. The molecule has 0 aliphatic rings. The second-order valence-corrected chi connectivity index (χ2v) is 6.76. The Balaban J connectivity index is 2.09. The van der Waals surface area contributed by atoms with Crippen LogP contribution in [0.3, 0.4) is 0 Å². The van der Waals surface area contributed by atoms with Gasteiger partial charge in [-0.2, -0.15) is 0 Å². The van der Waals surface area contributed by atoms with E-state index in [1.807, 2.05) is 6.07 Å². The van der Waals surface area contributed by atoms with Crippen molar-refractivity contribution >= 4 is 32.3 Å². The fraction of sp³-hybridized carbons (Fsp3) is 0.0833. The summed E-state index contributed by atoms with van der Waals surface area (Å²) in [5.74, 6) is -0.823. The van der Waals surface area contributed by atoms with Crippen LogP contribution >= 0.6 is 11.3 Å². The lowest BCUT2D eigenvalue weighted by Gasteiger charge is -2.05. The van der Waals surface area contributed by atoms with Crippen LogP contribution in [0.2, 0.25) is 0 Å². The average molecular weight is 312 g/mol. The number of rotatable bonds is 5. The minimum Gasteiger partial charge on any atom is -0.288 e. The van der Waals surface area contributed by atoms with Crippen LogP contribution in [0, 0.1) is 0 Å². The van der Waals surface area contributed by atoms with Gasteiger partial charge in [-0.1, -0.05) is 30.3 Å². The predicted octanol–water partition coefficient (Wildman–Crippen LogP) is 1.81. The van der Waals surface area contributed by atoms with Gasteiger partial charge in [0.05, 0.1) is 10.6 Å². The van der Waals surface area contributed by atoms with Gasteiger partial charge < -0.3 is 0 Å². The Kier molecular flexibility index (Phi) is 4.38. The minimum absolute atomic E-state index is 0.146. The van der Waals surface area contributed by atoms with E-state index in [9.17, 15) is 13.2 Å². The van der Waals surface area contributed by atoms with E-state index in [1.165, 1.54) is 17.6 Å². The highest BCUT2D eigenvalue weighted by atomic mass is 32.2. The summed E-state index contributed by atoms with van der Waals surface area (Å²) in [5, 5.41) is 8.81. The van der Waals surface area contributed by atoms with E-state index >= 15 is 0 Å². The maximum absolute atomic E-state index is 12.0. The zero-order valence-corrected chi connectivity index (χ0v) is 11.9. The molecule has 3 N–H and O–H groups in total. The number of hydrogen-bond donors (Lipinski definition) is 3. The fourth-order valence-electron chi connectivity index (χ4n) is 1.55. The number of carbonyl (C=O) groups is 1. The molecule has 0 bridgehead atoms. The van der Waals surface area contributed by atoms with E-state index in [-0.39, 0.29) is 10.6 Å². The van der Waals surface area contributed by atoms with Crippen LogP contribution in [-0.2, 0) is 15.8 Å². The fourth-order valence-corrected chi connectivity index (χ4v) is 3.83. The van der Waals surface area contributed by atoms with Gasteiger partial charge in [0.25, 0.3) is 5.91 Å². The molecule has 2 rings (SSSR count). The highest BCUT2D eigenvalue weighted by Gasteiger charge is 2.14. The first-order valence-electron chi connectivity index (χ1n) is 5.59. The van der Waals surface area contributed by atoms with Crippen molar-refractivity contribution in [1.29, 1.82) is 0 Å². The molecule has 0 atom stereocenters. The van der Waals surface area contributed by atoms with Crippen LogP contribution in [0.15, 0.2) is 42.5 Å². The van der Waals surface area contributed by atoms with Gasteiger partial charge in [0.15, 0.2) is 0 Å². The molecule has 0 aliphatic heterocycles. The first kappa shape index (κ1) is 14.5.